The smallest absolute Gasteiger partial charge is 0.0700 e. The predicted molar refractivity (Wildman–Crippen MR) is 68.7 cm³/mol. The van der Waals surface area contributed by atoms with Crippen LogP contribution < -0.4 is 0 Å². The highest BCUT2D eigenvalue weighted by Crippen LogP contribution is 2.07. The molecule has 0 aliphatic carbocycles. The Morgan fingerprint density at radius 1 is 0.933 bits per heavy atom. The average molecular weight is 234 g/mol. The average Bonchev–Trinajstić information content (AvgIpc) is 2.16. The van der Waals surface area contributed by atoms with Crippen LogP contribution in [0, 0.1) is 11.8 Å². The molecule has 2 nitrogen and oxygen atoms in total. The van der Waals surface area contributed by atoms with Crippen LogP contribution in [0.4, 0.5) is 0 Å². The van der Waals surface area contributed by atoms with Crippen LogP contribution in [0.3, 0.4) is 0 Å². The van der Waals surface area contributed by atoms with E-state index in [0.717, 1.165) is 44.5 Å². The van der Waals surface area contributed by atoms with Gasteiger partial charge in [-0.2, -0.15) is 12.6 Å². The molecule has 0 saturated carbocycles. The first-order valence-electron chi connectivity index (χ1n) is 5.93. The minimum atomic E-state index is 0.611. The minimum absolute atomic E-state index is 0.611. The van der Waals surface area contributed by atoms with Crippen molar-refractivity contribution < 1.29 is 9.47 Å². The molecule has 0 spiro atoms. The molecule has 0 heterocycles. The summed E-state index contributed by atoms with van der Waals surface area (Å²) in [4.78, 5) is 0. The van der Waals surface area contributed by atoms with Gasteiger partial charge < -0.3 is 9.47 Å². The van der Waals surface area contributed by atoms with E-state index >= 15 is 0 Å². The summed E-state index contributed by atoms with van der Waals surface area (Å²) in [6, 6.07) is 0. The summed E-state index contributed by atoms with van der Waals surface area (Å²) in [5, 5.41) is 0. The number of rotatable bonds is 10. The van der Waals surface area contributed by atoms with Gasteiger partial charge in [0.15, 0.2) is 0 Å². The van der Waals surface area contributed by atoms with Crippen molar-refractivity contribution in [3.05, 3.63) is 0 Å². The van der Waals surface area contributed by atoms with Crippen LogP contribution in [0.25, 0.3) is 0 Å². The first-order chi connectivity index (χ1) is 7.16. The Hall–Kier alpha value is 0.270. The summed E-state index contributed by atoms with van der Waals surface area (Å²) < 4.78 is 10.9. The second kappa shape index (κ2) is 10.8. The maximum atomic E-state index is 5.48. The van der Waals surface area contributed by atoms with E-state index < -0.39 is 0 Å². The van der Waals surface area contributed by atoms with Gasteiger partial charge in [0, 0.05) is 13.2 Å². The normalized spacial score (nSPS) is 13.4. The molecule has 92 valence electrons. The molecule has 0 rings (SSSR count). The zero-order chi connectivity index (χ0) is 11.5. The molecule has 0 bridgehead atoms. The number of thiol groups is 1. The quantitative estimate of drug-likeness (QED) is 0.463. The fourth-order valence-electron chi connectivity index (χ4n) is 1.19. The van der Waals surface area contributed by atoms with E-state index in [0.29, 0.717) is 5.92 Å². The van der Waals surface area contributed by atoms with Crippen LogP contribution >= 0.6 is 12.6 Å². The molecular weight excluding hydrogens is 208 g/mol. The predicted octanol–water partition coefficient (Wildman–Crippen LogP) is 3.02. The van der Waals surface area contributed by atoms with Crippen molar-refractivity contribution in [3.8, 4) is 0 Å². The van der Waals surface area contributed by atoms with Crippen LogP contribution in [-0.2, 0) is 9.47 Å². The first-order valence-corrected chi connectivity index (χ1v) is 6.56. The van der Waals surface area contributed by atoms with Gasteiger partial charge in [0.25, 0.3) is 0 Å². The van der Waals surface area contributed by atoms with Crippen LogP contribution in [0.5, 0.6) is 0 Å². The number of hydrogen-bond acceptors (Lipinski definition) is 3. The van der Waals surface area contributed by atoms with E-state index in [1.54, 1.807) is 0 Å². The lowest BCUT2D eigenvalue weighted by Gasteiger charge is -2.10. The highest BCUT2D eigenvalue weighted by Gasteiger charge is 2.00. The summed E-state index contributed by atoms with van der Waals surface area (Å²) in [6.07, 6.45) is 2.31. The Labute approximate surface area is 100 Å². The van der Waals surface area contributed by atoms with Gasteiger partial charge in [0.2, 0.25) is 0 Å². The minimum Gasteiger partial charge on any atom is -0.379 e. The summed E-state index contributed by atoms with van der Waals surface area (Å²) in [5.41, 5.74) is 0. The Bertz CT molecular complexity index is 129. The van der Waals surface area contributed by atoms with Gasteiger partial charge in [0.05, 0.1) is 13.2 Å². The Kier molecular flexibility index (Phi) is 11.0. The molecule has 0 fully saturated rings. The standard InChI is InChI=1S/C12H26O2S/c1-11(2)10-14-8-7-13-6-4-12(3)5-9-15/h11-12,15H,4-10H2,1-3H3. The molecule has 0 radical (unpaired) electrons. The summed E-state index contributed by atoms with van der Waals surface area (Å²) in [6.45, 7) is 9.67. The van der Waals surface area contributed by atoms with Crippen molar-refractivity contribution in [3.63, 3.8) is 0 Å². The monoisotopic (exact) mass is 234 g/mol. The summed E-state index contributed by atoms with van der Waals surface area (Å²) in [7, 11) is 0. The molecule has 0 amide bonds. The summed E-state index contributed by atoms with van der Waals surface area (Å²) in [5.74, 6) is 2.30. The van der Waals surface area contributed by atoms with E-state index in [4.69, 9.17) is 9.47 Å². The second-order valence-electron chi connectivity index (χ2n) is 4.49. The lowest BCUT2D eigenvalue weighted by atomic mass is 10.1. The molecule has 3 heteroatoms. The SMILES string of the molecule is CC(C)COCCOCCC(C)CCS. The van der Waals surface area contributed by atoms with Crippen LogP contribution in [0.1, 0.15) is 33.6 Å². The Balaban J connectivity index is 3.04. The first kappa shape index (κ1) is 15.3. The van der Waals surface area contributed by atoms with E-state index in [1.807, 2.05) is 0 Å². The van der Waals surface area contributed by atoms with Crippen LogP contribution in [-0.4, -0.2) is 32.2 Å². The highest BCUT2D eigenvalue weighted by molar-refractivity contribution is 7.80. The molecular formula is C12H26O2S. The van der Waals surface area contributed by atoms with Gasteiger partial charge in [-0.15, -0.1) is 0 Å². The number of hydrogen-bond donors (Lipinski definition) is 1. The molecule has 0 aromatic heterocycles. The lowest BCUT2D eigenvalue weighted by molar-refractivity contribution is 0.0341. The van der Waals surface area contributed by atoms with Crippen LogP contribution in [0.15, 0.2) is 0 Å². The fourth-order valence-corrected chi connectivity index (χ4v) is 1.63. The highest BCUT2D eigenvalue weighted by atomic mass is 32.1. The molecule has 1 atom stereocenters. The third-order valence-electron chi connectivity index (χ3n) is 2.20. The van der Waals surface area contributed by atoms with Crippen LogP contribution in [0.2, 0.25) is 0 Å². The van der Waals surface area contributed by atoms with E-state index in [1.165, 1.54) is 6.42 Å². The molecule has 0 aliphatic heterocycles. The third kappa shape index (κ3) is 12.2. The topological polar surface area (TPSA) is 18.5 Å². The van der Waals surface area contributed by atoms with Gasteiger partial charge >= 0.3 is 0 Å². The van der Waals surface area contributed by atoms with E-state index in [-0.39, 0.29) is 0 Å². The van der Waals surface area contributed by atoms with E-state index in [9.17, 15) is 0 Å². The molecule has 1 unspecified atom stereocenters. The van der Waals surface area contributed by atoms with Crippen molar-refractivity contribution in [2.75, 3.05) is 32.2 Å². The van der Waals surface area contributed by atoms with Gasteiger partial charge in [0.1, 0.15) is 0 Å². The molecule has 0 saturated heterocycles. The van der Waals surface area contributed by atoms with Gasteiger partial charge in [-0.1, -0.05) is 20.8 Å². The molecule has 0 aromatic rings. The molecule has 15 heavy (non-hydrogen) atoms. The molecule has 0 aliphatic rings. The van der Waals surface area contributed by atoms with E-state index in [2.05, 4.69) is 33.4 Å². The van der Waals surface area contributed by atoms with Crippen molar-refractivity contribution in [1.29, 1.82) is 0 Å². The van der Waals surface area contributed by atoms with Crippen molar-refractivity contribution in [1.82, 2.24) is 0 Å². The number of ether oxygens (including phenoxy) is 2. The molecule has 0 aromatic carbocycles. The Morgan fingerprint density at radius 2 is 1.60 bits per heavy atom. The molecule has 0 N–H and O–H groups in total. The second-order valence-corrected chi connectivity index (χ2v) is 4.93. The zero-order valence-corrected chi connectivity index (χ0v) is 11.3. The zero-order valence-electron chi connectivity index (χ0n) is 10.4. The van der Waals surface area contributed by atoms with Gasteiger partial charge in [-0.3, -0.25) is 0 Å². The largest absolute Gasteiger partial charge is 0.379 e. The fraction of sp³-hybridized carbons (Fsp3) is 1.00. The maximum Gasteiger partial charge on any atom is 0.0700 e. The third-order valence-corrected chi connectivity index (χ3v) is 2.46. The van der Waals surface area contributed by atoms with Crippen molar-refractivity contribution in [2.24, 2.45) is 11.8 Å². The maximum absolute atomic E-state index is 5.48. The summed E-state index contributed by atoms with van der Waals surface area (Å²) >= 11 is 4.21. The van der Waals surface area contributed by atoms with Gasteiger partial charge in [-0.25, -0.2) is 0 Å². The Morgan fingerprint density at radius 3 is 2.20 bits per heavy atom. The van der Waals surface area contributed by atoms with Crippen molar-refractivity contribution in [2.45, 2.75) is 33.6 Å². The van der Waals surface area contributed by atoms with Gasteiger partial charge in [-0.05, 0) is 30.4 Å². The van der Waals surface area contributed by atoms with Crippen molar-refractivity contribution >= 4 is 12.6 Å². The lowest BCUT2D eigenvalue weighted by Crippen LogP contribution is -2.10.